The fourth-order valence-corrected chi connectivity index (χ4v) is 2.79. The van der Waals surface area contributed by atoms with Gasteiger partial charge in [0.05, 0.1) is 24.6 Å². The molecule has 0 saturated heterocycles. The van der Waals surface area contributed by atoms with Gasteiger partial charge in [-0.3, -0.25) is 14.7 Å². The summed E-state index contributed by atoms with van der Waals surface area (Å²) in [4.78, 5) is 12.6. The number of nitro groups is 1. The molecule has 2 aromatic rings. The topological polar surface area (TPSA) is 58.6 Å². The Morgan fingerprint density at radius 3 is 2.29 bits per heavy atom. The normalized spacial score (nSPS) is 13.7. The van der Waals surface area contributed by atoms with Crippen molar-refractivity contribution in [3.05, 3.63) is 64.2 Å². The lowest BCUT2D eigenvalue weighted by molar-refractivity contribution is -0.485. The summed E-state index contributed by atoms with van der Waals surface area (Å²) < 4.78 is 7.36. The molecule has 0 spiro atoms. The highest BCUT2D eigenvalue weighted by Gasteiger charge is 2.31. The third kappa shape index (κ3) is 3.50. The van der Waals surface area contributed by atoms with Crippen LogP contribution >= 0.6 is 0 Å². The van der Waals surface area contributed by atoms with Crippen LogP contribution in [0.5, 0.6) is 5.75 Å². The minimum atomic E-state index is -0.381. The summed E-state index contributed by atoms with van der Waals surface area (Å²) in [6.45, 7) is 1.77. The molecule has 3 rings (SSSR count). The molecule has 7 heteroatoms. The minimum absolute atomic E-state index is 0. The summed E-state index contributed by atoms with van der Waals surface area (Å²) >= 11 is 0. The molecule has 0 fully saturated rings. The van der Waals surface area contributed by atoms with Gasteiger partial charge in [0.15, 0.2) is 0 Å². The number of ether oxygens (including phenoxy) is 1. The Morgan fingerprint density at radius 1 is 1.12 bits per heavy atom. The van der Waals surface area contributed by atoms with Crippen molar-refractivity contribution in [2.24, 2.45) is 0 Å². The van der Waals surface area contributed by atoms with Gasteiger partial charge in [-0.1, -0.05) is 0 Å². The molecule has 24 heavy (non-hydrogen) atoms. The van der Waals surface area contributed by atoms with E-state index in [1.54, 1.807) is 31.4 Å². The maximum Gasteiger partial charge on any atom is 0.284 e. The SMILES string of the molecule is COc1ccc(N2CC[N+](C)=C2c2ccc([N+](=O)[O-])cc2)cc1.[I-]. The fourth-order valence-electron chi connectivity index (χ4n) is 2.79. The average Bonchev–Trinajstić information content (AvgIpc) is 2.96. The quantitative estimate of drug-likeness (QED) is 0.280. The molecule has 0 unspecified atom stereocenters. The number of benzene rings is 2. The van der Waals surface area contributed by atoms with E-state index in [9.17, 15) is 10.1 Å². The molecule has 0 atom stereocenters. The fraction of sp³-hybridized carbons (Fsp3) is 0.235. The van der Waals surface area contributed by atoms with Gasteiger partial charge < -0.3 is 28.7 Å². The number of halogens is 1. The Hall–Kier alpha value is -2.16. The largest absolute Gasteiger partial charge is 1.00 e. The van der Waals surface area contributed by atoms with Crippen LogP contribution in [0.4, 0.5) is 11.4 Å². The number of methoxy groups -OCH3 is 1. The Bertz CT molecular complexity index is 758. The molecule has 0 amide bonds. The lowest BCUT2D eigenvalue weighted by Gasteiger charge is -2.13. The van der Waals surface area contributed by atoms with E-state index in [1.807, 2.05) is 31.3 Å². The van der Waals surface area contributed by atoms with Gasteiger partial charge >= 0.3 is 0 Å². The van der Waals surface area contributed by atoms with E-state index in [4.69, 9.17) is 4.74 Å². The molecule has 0 saturated carbocycles. The van der Waals surface area contributed by atoms with Crippen molar-refractivity contribution in [2.75, 3.05) is 32.1 Å². The van der Waals surface area contributed by atoms with Crippen molar-refractivity contribution in [2.45, 2.75) is 0 Å². The summed E-state index contributed by atoms with van der Waals surface area (Å²) in [5.74, 6) is 1.86. The Kier molecular flexibility index (Phi) is 5.76. The summed E-state index contributed by atoms with van der Waals surface area (Å²) in [5.41, 5.74) is 2.14. The zero-order chi connectivity index (χ0) is 16.4. The highest BCUT2D eigenvalue weighted by atomic mass is 127. The maximum absolute atomic E-state index is 10.8. The number of nitrogens with zero attached hydrogens (tertiary/aromatic N) is 3. The highest BCUT2D eigenvalue weighted by Crippen LogP contribution is 2.24. The maximum atomic E-state index is 10.8. The molecule has 1 aliphatic rings. The molecule has 2 aromatic carbocycles. The van der Waals surface area contributed by atoms with Gasteiger partial charge in [0.2, 0.25) is 0 Å². The zero-order valence-corrected chi connectivity index (χ0v) is 15.6. The molecule has 6 nitrogen and oxygen atoms in total. The zero-order valence-electron chi connectivity index (χ0n) is 13.5. The van der Waals surface area contributed by atoms with Crippen LogP contribution < -0.4 is 33.6 Å². The van der Waals surface area contributed by atoms with Crippen molar-refractivity contribution in [3.8, 4) is 5.75 Å². The first kappa shape index (κ1) is 18.2. The second-order valence-electron chi connectivity index (χ2n) is 5.40. The third-order valence-corrected chi connectivity index (χ3v) is 4.00. The molecular weight excluding hydrogens is 421 g/mol. The number of amidine groups is 1. The lowest BCUT2D eigenvalue weighted by atomic mass is 10.1. The Morgan fingerprint density at radius 2 is 1.75 bits per heavy atom. The van der Waals surface area contributed by atoms with Crippen molar-refractivity contribution in [1.82, 2.24) is 0 Å². The molecule has 0 radical (unpaired) electrons. The summed E-state index contributed by atoms with van der Waals surface area (Å²) in [6, 6.07) is 14.6. The van der Waals surface area contributed by atoms with Crippen LogP contribution in [-0.4, -0.2) is 42.6 Å². The Labute approximate surface area is 157 Å². The number of hydrogen-bond donors (Lipinski definition) is 0. The van der Waals surface area contributed by atoms with Gasteiger partial charge in [0, 0.05) is 12.1 Å². The highest BCUT2D eigenvalue weighted by molar-refractivity contribution is 6.07. The molecule has 126 valence electrons. The van der Waals surface area contributed by atoms with E-state index in [0.29, 0.717) is 0 Å². The molecule has 0 bridgehead atoms. The van der Waals surface area contributed by atoms with Crippen LogP contribution in [0.2, 0.25) is 0 Å². The van der Waals surface area contributed by atoms with E-state index >= 15 is 0 Å². The number of anilines is 1. The molecule has 0 N–H and O–H groups in total. The van der Waals surface area contributed by atoms with E-state index in [0.717, 1.165) is 35.9 Å². The van der Waals surface area contributed by atoms with Gasteiger partial charge in [-0.25, -0.2) is 4.90 Å². The van der Waals surface area contributed by atoms with Crippen molar-refractivity contribution in [1.29, 1.82) is 0 Å². The van der Waals surface area contributed by atoms with E-state index < -0.39 is 0 Å². The van der Waals surface area contributed by atoms with Crippen LogP contribution in [-0.2, 0) is 0 Å². The van der Waals surface area contributed by atoms with Gasteiger partial charge in [-0.05, 0) is 36.4 Å². The summed E-state index contributed by atoms with van der Waals surface area (Å²) in [6.07, 6.45) is 0. The van der Waals surface area contributed by atoms with Crippen molar-refractivity contribution >= 4 is 17.2 Å². The number of rotatable bonds is 4. The Balaban J connectivity index is 0.00000208. The summed E-state index contributed by atoms with van der Waals surface area (Å²) in [5, 5.41) is 10.8. The van der Waals surface area contributed by atoms with E-state index in [1.165, 1.54) is 0 Å². The third-order valence-electron chi connectivity index (χ3n) is 4.00. The first-order valence-corrected chi connectivity index (χ1v) is 7.34. The molecule has 0 aromatic heterocycles. The first-order valence-electron chi connectivity index (χ1n) is 7.34. The smallest absolute Gasteiger partial charge is 0.284 e. The molecule has 1 aliphatic heterocycles. The standard InChI is InChI=1S/C17H18N3O3.HI/c1-18-11-12-19(14-7-9-16(23-2)10-8-14)17(18)13-3-5-15(6-4-13)20(21)22;/h3-10H,11-12H2,1-2H3;1H/q+1;/p-1. The minimum Gasteiger partial charge on any atom is -1.00 e. The lowest BCUT2D eigenvalue weighted by Crippen LogP contribution is -3.00. The molecular formula is C17H18IN3O3. The van der Waals surface area contributed by atoms with Gasteiger partial charge in [0.25, 0.3) is 11.5 Å². The number of non-ortho nitro benzene ring substituents is 1. The van der Waals surface area contributed by atoms with Crippen LogP contribution in [0.1, 0.15) is 5.56 Å². The second kappa shape index (κ2) is 7.61. The predicted molar refractivity (Wildman–Crippen MR) is 88.6 cm³/mol. The molecule has 1 heterocycles. The van der Waals surface area contributed by atoms with Gasteiger partial charge in [-0.15, -0.1) is 0 Å². The monoisotopic (exact) mass is 439 g/mol. The van der Waals surface area contributed by atoms with Gasteiger partial charge in [-0.2, -0.15) is 0 Å². The van der Waals surface area contributed by atoms with Crippen molar-refractivity contribution < 1.29 is 38.2 Å². The average molecular weight is 439 g/mol. The van der Waals surface area contributed by atoms with E-state index in [2.05, 4.69) is 9.48 Å². The predicted octanol–water partition coefficient (Wildman–Crippen LogP) is -0.483. The number of likely N-dealkylation sites (N-methyl/N-ethyl adjacent to an activating group) is 1. The van der Waals surface area contributed by atoms with Crippen LogP contribution in [0, 0.1) is 10.1 Å². The van der Waals surface area contributed by atoms with E-state index in [-0.39, 0.29) is 34.6 Å². The van der Waals surface area contributed by atoms with Crippen LogP contribution in [0.3, 0.4) is 0 Å². The van der Waals surface area contributed by atoms with Crippen LogP contribution in [0.25, 0.3) is 0 Å². The first-order chi connectivity index (χ1) is 11.1. The number of nitro benzene ring substituents is 1. The molecule has 0 aliphatic carbocycles. The van der Waals surface area contributed by atoms with Crippen molar-refractivity contribution in [3.63, 3.8) is 0 Å². The number of hydrogen-bond acceptors (Lipinski definition) is 4. The summed E-state index contributed by atoms with van der Waals surface area (Å²) in [7, 11) is 3.67. The van der Waals surface area contributed by atoms with Crippen LogP contribution in [0.15, 0.2) is 48.5 Å². The second-order valence-corrected chi connectivity index (χ2v) is 5.40. The van der Waals surface area contributed by atoms with Gasteiger partial charge in [0.1, 0.15) is 24.5 Å².